The fraction of sp³-hybridized carbons (Fsp3) is 0.0714. The van der Waals surface area contributed by atoms with Crippen molar-refractivity contribution in [1.29, 1.82) is 0 Å². The van der Waals surface area contributed by atoms with Crippen LogP contribution in [-0.2, 0) is 0 Å². The molecule has 2 N–H and O–H groups in total. The summed E-state index contributed by atoms with van der Waals surface area (Å²) >= 11 is 0. The van der Waals surface area contributed by atoms with Crippen LogP contribution in [-0.4, -0.2) is 15.9 Å². The van der Waals surface area contributed by atoms with E-state index in [2.05, 4.69) is 5.32 Å². The van der Waals surface area contributed by atoms with Gasteiger partial charge in [0.2, 0.25) is 0 Å². The Bertz CT molecular complexity index is 665. The molecule has 0 unspecified atom stereocenters. The van der Waals surface area contributed by atoms with Gasteiger partial charge < -0.3 is 10.4 Å². The van der Waals surface area contributed by atoms with Crippen molar-refractivity contribution in [3.63, 3.8) is 0 Å². The highest BCUT2D eigenvalue weighted by Gasteiger charge is 2.11. The lowest BCUT2D eigenvalue weighted by atomic mass is 10.1. The number of nitrogens with zero attached hydrogens (tertiary/aromatic N) is 1. The number of phenolic OH excluding ortho intramolecular Hbond substituents is 1. The van der Waals surface area contributed by atoms with Gasteiger partial charge in [-0.05, 0) is 31.2 Å². The number of phenols is 1. The fourth-order valence-corrected chi connectivity index (χ4v) is 1.69. The topological polar surface area (TPSA) is 92.5 Å². The van der Waals surface area contributed by atoms with Gasteiger partial charge in [-0.25, -0.2) is 0 Å². The maximum absolute atomic E-state index is 12.0. The van der Waals surface area contributed by atoms with Crippen molar-refractivity contribution in [3.8, 4) is 5.75 Å². The molecule has 2 aromatic rings. The van der Waals surface area contributed by atoms with Gasteiger partial charge in [-0.3, -0.25) is 14.9 Å². The number of carbonyl (C=O) groups is 1. The van der Waals surface area contributed by atoms with Gasteiger partial charge in [-0.2, -0.15) is 0 Å². The number of hydrogen-bond donors (Lipinski definition) is 2. The van der Waals surface area contributed by atoms with Gasteiger partial charge >= 0.3 is 0 Å². The molecule has 20 heavy (non-hydrogen) atoms. The Hall–Kier alpha value is -2.89. The maximum Gasteiger partial charge on any atom is 0.269 e. The van der Waals surface area contributed by atoms with Crippen LogP contribution < -0.4 is 5.32 Å². The van der Waals surface area contributed by atoms with Crippen LogP contribution in [0.5, 0.6) is 5.75 Å². The van der Waals surface area contributed by atoms with E-state index in [0.717, 1.165) is 0 Å². The van der Waals surface area contributed by atoms with Crippen LogP contribution >= 0.6 is 0 Å². The molecule has 6 nitrogen and oxygen atoms in total. The second-order valence-corrected chi connectivity index (χ2v) is 4.21. The largest absolute Gasteiger partial charge is 0.508 e. The third kappa shape index (κ3) is 2.74. The van der Waals surface area contributed by atoms with Crippen LogP contribution in [0.1, 0.15) is 15.9 Å². The second kappa shape index (κ2) is 5.40. The molecule has 0 saturated heterocycles. The molecule has 1 amide bonds. The Balaban J connectivity index is 2.20. The monoisotopic (exact) mass is 272 g/mol. The van der Waals surface area contributed by atoms with E-state index in [4.69, 9.17) is 0 Å². The first-order chi connectivity index (χ1) is 9.49. The van der Waals surface area contributed by atoms with Crippen molar-refractivity contribution in [2.75, 3.05) is 5.32 Å². The molecule has 0 heterocycles. The zero-order chi connectivity index (χ0) is 14.7. The number of nitro benzene ring substituents is 1. The summed E-state index contributed by atoms with van der Waals surface area (Å²) in [6.45, 7) is 1.68. The predicted octanol–water partition coefficient (Wildman–Crippen LogP) is 2.86. The molecule has 0 aliphatic rings. The Kier molecular flexibility index (Phi) is 3.65. The summed E-state index contributed by atoms with van der Waals surface area (Å²) < 4.78 is 0. The molecule has 2 rings (SSSR count). The number of anilines is 1. The standard InChI is InChI=1S/C14H12N2O4/c1-9-12(3-2-4-13(9)17)15-14(18)10-5-7-11(8-6-10)16(19)20/h2-8,17H,1H3,(H,15,18). The third-order valence-corrected chi connectivity index (χ3v) is 2.89. The van der Waals surface area contributed by atoms with Crippen molar-refractivity contribution in [3.05, 3.63) is 63.7 Å². The van der Waals surface area contributed by atoms with Gasteiger partial charge in [0.05, 0.1) is 4.92 Å². The minimum atomic E-state index is -0.527. The average Bonchev–Trinajstić information content (AvgIpc) is 2.44. The lowest BCUT2D eigenvalue weighted by Crippen LogP contribution is -2.12. The van der Waals surface area contributed by atoms with Crippen molar-refractivity contribution in [2.45, 2.75) is 6.92 Å². The van der Waals surface area contributed by atoms with Crippen LogP contribution in [0, 0.1) is 17.0 Å². The number of aromatic hydroxyl groups is 1. The van der Waals surface area contributed by atoms with Crippen molar-refractivity contribution in [2.24, 2.45) is 0 Å². The number of carbonyl (C=O) groups excluding carboxylic acids is 1. The lowest BCUT2D eigenvalue weighted by molar-refractivity contribution is -0.384. The molecule has 0 aliphatic carbocycles. The van der Waals surface area contributed by atoms with E-state index in [1.54, 1.807) is 19.1 Å². The maximum atomic E-state index is 12.0. The Morgan fingerprint density at radius 1 is 1.20 bits per heavy atom. The summed E-state index contributed by atoms with van der Waals surface area (Å²) in [6.07, 6.45) is 0. The average molecular weight is 272 g/mol. The normalized spacial score (nSPS) is 10.1. The minimum absolute atomic E-state index is 0.0740. The van der Waals surface area contributed by atoms with Gasteiger partial charge in [-0.15, -0.1) is 0 Å². The number of hydrogen-bond acceptors (Lipinski definition) is 4. The van der Waals surface area contributed by atoms with Crippen LogP contribution in [0.3, 0.4) is 0 Å². The predicted molar refractivity (Wildman–Crippen MR) is 73.9 cm³/mol. The SMILES string of the molecule is Cc1c(O)cccc1NC(=O)c1ccc([N+](=O)[O-])cc1. The van der Waals surface area contributed by atoms with E-state index in [9.17, 15) is 20.0 Å². The summed E-state index contributed by atoms with van der Waals surface area (Å²) in [5.74, 6) is -0.305. The van der Waals surface area contributed by atoms with Crippen LogP contribution in [0.2, 0.25) is 0 Å². The number of amides is 1. The van der Waals surface area contributed by atoms with Gasteiger partial charge in [-0.1, -0.05) is 6.07 Å². The van der Waals surface area contributed by atoms with Crippen molar-refractivity contribution < 1.29 is 14.8 Å². The fourth-order valence-electron chi connectivity index (χ4n) is 1.69. The first kappa shape index (κ1) is 13.5. The Morgan fingerprint density at radius 3 is 2.45 bits per heavy atom. The summed E-state index contributed by atoms with van der Waals surface area (Å²) in [4.78, 5) is 22.0. The van der Waals surface area contributed by atoms with Crippen molar-refractivity contribution >= 4 is 17.3 Å². The molecular weight excluding hydrogens is 260 g/mol. The number of rotatable bonds is 3. The first-order valence-electron chi connectivity index (χ1n) is 5.83. The summed E-state index contributed by atoms with van der Waals surface area (Å²) in [6, 6.07) is 10.1. The number of benzene rings is 2. The van der Waals surface area contributed by atoms with Gasteiger partial charge in [0.25, 0.3) is 11.6 Å². The van der Waals surface area contributed by atoms with E-state index in [-0.39, 0.29) is 11.4 Å². The van der Waals surface area contributed by atoms with Crippen molar-refractivity contribution in [1.82, 2.24) is 0 Å². The molecule has 2 aromatic carbocycles. The van der Waals surface area contributed by atoms with Gasteiger partial charge in [0, 0.05) is 28.9 Å². The molecule has 0 atom stereocenters. The molecular formula is C14H12N2O4. The second-order valence-electron chi connectivity index (χ2n) is 4.21. The number of nitrogens with one attached hydrogen (secondary N) is 1. The van der Waals surface area contributed by atoms with E-state index < -0.39 is 10.8 Å². The lowest BCUT2D eigenvalue weighted by Gasteiger charge is -2.09. The quantitative estimate of drug-likeness (QED) is 0.663. The molecule has 0 aliphatic heterocycles. The third-order valence-electron chi connectivity index (χ3n) is 2.89. The molecule has 0 bridgehead atoms. The zero-order valence-electron chi connectivity index (χ0n) is 10.7. The first-order valence-corrected chi connectivity index (χ1v) is 5.83. The molecule has 0 aromatic heterocycles. The minimum Gasteiger partial charge on any atom is -0.508 e. The smallest absolute Gasteiger partial charge is 0.269 e. The van der Waals surface area contributed by atoms with Crippen LogP contribution in [0.4, 0.5) is 11.4 Å². The molecule has 6 heteroatoms. The molecule has 0 fully saturated rings. The Labute approximate surface area is 114 Å². The molecule has 0 spiro atoms. The van der Waals surface area contributed by atoms with E-state index in [1.807, 2.05) is 0 Å². The van der Waals surface area contributed by atoms with E-state index >= 15 is 0 Å². The number of non-ortho nitro benzene ring substituents is 1. The van der Waals surface area contributed by atoms with Gasteiger partial charge in [0.15, 0.2) is 0 Å². The molecule has 0 saturated carbocycles. The highest BCUT2D eigenvalue weighted by atomic mass is 16.6. The Morgan fingerprint density at radius 2 is 1.85 bits per heavy atom. The molecule has 0 radical (unpaired) electrons. The highest BCUT2D eigenvalue weighted by Crippen LogP contribution is 2.24. The van der Waals surface area contributed by atoms with Crippen LogP contribution in [0.15, 0.2) is 42.5 Å². The van der Waals surface area contributed by atoms with Gasteiger partial charge in [0.1, 0.15) is 5.75 Å². The highest BCUT2D eigenvalue weighted by molar-refractivity contribution is 6.04. The number of nitro groups is 1. The molecule has 102 valence electrons. The van der Waals surface area contributed by atoms with E-state index in [1.165, 1.54) is 30.3 Å². The summed E-state index contributed by atoms with van der Waals surface area (Å²) in [5.41, 5.74) is 1.28. The summed E-state index contributed by atoms with van der Waals surface area (Å²) in [5, 5.41) is 22.7. The van der Waals surface area contributed by atoms with Crippen LogP contribution in [0.25, 0.3) is 0 Å². The zero-order valence-corrected chi connectivity index (χ0v) is 10.7. The van der Waals surface area contributed by atoms with E-state index in [0.29, 0.717) is 16.8 Å². The summed E-state index contributed by atoms with van der Waals surface area (Å²) in [7, 11) is 0.